The van der Waals surface area contributed by atoms with Crippen molar-refractivity contribution in [2.75, 3.05) is 19.4 Å². The van der Waals surface area contributed by atoms with Crippen LogP contribution >= 0.6 is 0 Å². The first-order valence-electron chi connectivity index (χ1n) is 8.45. The zero-order valence-corrected chi connectivity index (χ0v) is 16.2. The summed E-state index contributed by atoms with van der Waals surface area (Å²) in [6, 6.07) is 9.49. The van der Waals surface area contributed by atoms with E-state index in [1.54, 1.807) is 18.2 Å². The van der Waals surface area contributed by atoms with Crippen LogP contribution in [0.1, 0.15) is 15.9 Å². The first-order valence-corrected chi connectivity index (χ1v) is 10.1. The number of hydrogen-bond donors (Lipinski definition) is 1. The van der Waals surface area contributed by atoms with Crippen LogP contribution in [0.5, 0.6) is 5.75 Å². The Balaban J connectivity index is 1.71. The van der Waals surface area contributed by atoms with Crippen LogP contribution in [0.2, 0.25) is 0 Å². The van der Waals surface area contributed by atoms with Gasteiger partial charge in [-0.25, -0.2) is 13.4 Å². The van der Waals surface area contributed by atoms with Gasteiger partial charge in [-0.1, -0.05) is 6.07 Å². The number of ether oxygens (including phenoxy) is 1. The molecular weight excluding hydrogens is 382 g/mol. The summed E-state index contributed by atoms with van der Waals surface area (Å²) in [7, 11) is -2.09. The summed E-state index contributed by atoms with van der Waals surface area (Å²) < 4.78 is 31.0. The van der Waals surface area contributed by atoms with Crippen LogP contribution in [0.3, 0.4) is 0 Å². The van der Waals surface area contributed by atoms with Crippen LogP contribution in [0.4, 0.5) is 0 Å². The second kappa shape index (κ2) is 7.81. The van der Waals surface area contributed by atoms with Crippen molar-refractivity contribution in [3.63, 3.8) is 0 Å². The fraction of sp³-hybridized carbons (Fsp3) is 0.211. The average Bonchev–Trinajstić information content (AvgIpc) is 2.68. The van der Waals surface area contributed by atoms with E-state index in [0.29, 0.717) is 11.4 Å². The van der Waals surface area contributed by atoms with Gasteiger partial charge in [0, 0.05) is 18.9 Å². The molecule has 28 heavy (non-hydrogen) atoms. The Labute approximate surface area is 161 Å². The van der Waals surface area contributed by atoms with Crippen molar-refractivity contribution in [3.05, 3.63) is 70.3 Å². The number of amides is 1. The van der Waals surface area contributed by atoms with Gasteiger partial charge >= 0.3 is 0 Å². The first kappa shape index (κ1) is 19.6. The number of benzene rings is 1. The average molecular weight is 401 g/mol. The monoisotopic (exact) mass is 401 g/mol. The summed E-state index contributed by atoms with van der Waals surface area (Å²) in [4.78, 5) is 29.1. The van der Waals surface area contributed by atoms with Crippen molar-refractivity contribution in [2.45, 2.75) is 11.8 Å². The van der Waals surface area contributed by atoms with Crippen molar-refractivity contribution < 1.29 is 17.9 Å². The number of carbonyl (C=O) groups is 1. The quantitative estimate of drug-likeness (QED) is 0.665. The van der Waals surface area contributed by atoms with Crippen LogP contribution in [0.25, 0.3) is 5.65 Å². The minimum absolute atomic E-state index is 0.130. The molecule has 0 bridgehead atoms. The van der Waals surface area contributed by atoms with E-state index >= 15 is 0 Å². The molecule has 0 saturated heterocycles. The molecule has 0 saturated carbocycles. The van der Waals surface area contributed by atoms with E-state index in [9.17, 15) is 18.0 Å². The number of sulfone groups is 1. The molecule has 9 heteroatoms. The number of nitrogens with zero attached hydrogens (tertiary/aromatic N) is 2. The number of fused-ring (bicyclic) bond motifs is 1. The van der Waals surface area contributed by atoms with E-state index in [1.165, 1.54) is 36.0 Å². The zero-order valence-electron chi connectivity index (χ0n) is 15.4. The highest BCUT2D eigenvalue weighted by Gasteiger charge is 2.17. The SMILES string of the molecule is COc1ccc(S(=O)(=O)CCNC(=O)c2cnc3c(C)cccn3c2=O)cc1. The van der Waals surface area contributed by atoms with E-state index in [0.717, 1.165) is 5.56 Å². The standard InChI is InChI=1S/C19H19N3O5S/c1-13-4-3-10-22-17(13)21-12-16(19(22)24)18(23)20-9-11-28(25,26)15-7-5-14(27-2)6-8-15/h3-8,10,12H,9,11H2,1-2H3,(H,20,23). The second-order valence-electron chi connectivity index (χ2n) is 6.11. The van der Waals surface area contributed by atoms with Crippen LogP contribution < -0.4 is 15.6 Å². The third-order valence-electron chi connectivity index (χ3n) is 4.25. The van der Waals surface area contributed by atoms with Gasteiger partial charge in [0.25, 0.3) is 11.5 Å². The van der Waals surface area contributed by atoms with Gasteiger partial charge in [0.05, 0.1) is 17.8 Å². The largest absolute Gasteiger partial charge is 0.497 e. The van der Waals surface area contributed by atoms with Crippen LogP contribution in [-0.2, 0) is 9.84 Å². The number of hydrogen-bond acceptors (Lipinski definition) is 6. The summed E-state index contributed by atoms with van der Waals surface area (Å²) >= 11 is 0. The Morgan fingerprint density at radius 2 is 1.93 bits per heavy atom. The lowest BCUT2D eigenvalue weighted by Crippen LogP contribution is -2.34. The van der Waals surface area contributed by atoms with E-state index < -0.39 is 21.3 Å². The predicted molar refractivity (Wildman–Crippen MR) is 104 cm³/mol. The summed E-state index contributed by atoms with van der Waals surface area (Å²) in [6.07, 6.45) is 2.74. The molecule has 0 radical (unpaired) electrons. The highest BCUT2D eigenvalue weighted by molar-refractivity contribution is 7.91. The summed E-state index contributed by atoms with van der Waals surface area (Å²) in [6.45, 7) is 1.68. The molecular formula is C19H19N3O5S. The molecule has 2 heterocycles. The van der Waals surface area contributed by atoms with Crippen molar-refractivity contribution in [2.24, 2.45) is 0 Å². The number of aryl methyl sites for hydroxylation is 1. The fourth-order valence-electron chi connectivity index (χ4n) is 2.70. The highest BCUT2D eigenvalue weighted by Crippen LogP contribution is 2.16. The molecule has 8 nitrogen and oxygen atoms in total. The molecule has 2 aromatic heterocycles. The van der Waals surface area contributed by atoms with Gasteiger partial charge in [0.1, 0.15) is 17.0 Å². The molecule has 1 N–H and O–H groups in total. The van der Waals surface area contributed by atoms with Crippen molar-refractivity contribution >= 4 is 21.4 Å². The molecule has 0 atom stereocenters. The minimum atomic E-state index is -3.58. The Morgan fingerprint density at radius 3 is 2.61 bits per heavy atom. The molecule has 3 aromatic rings. The van der Waals surface area contributed by atoms with Gasteiger partial charge in [0.15, 0.2) is 9.84 Å². The van der Waals surface area contributed by atoms with Crippen molar-refractivity contribution in [3.8, 4) is 5.75 Å². The van der Waals surface area contributed by atoms with Crippen molar-refractivity contribution in [1.29, 1.82) is 0 Å². The van der Waals surface area contributed by atoms with E-state index in [2.05, 4.69) is 10.3 Å². The first-order chi connectivity index (χ1) is 13.3. The molecule has 0 fully saturated rings. The van der Waals surface area contributed by atoms with Crippen LogP contribution in [0.15, 0.2) is 58.5 Å². The highest BCUT2D eigenvalue weighted by atomic mass is 32.2. The van der Waals surface area contributed by atoms with E-state index in [1.807, 2.05) is 13.0 Å². The number of rotatable bonds is 6. The van der Waals surface area contributed by atoms with Crippen molar-refractivity contribution in [1.82, 2.24) is 14.7 Å². The number of nitrogens with one attached hydrogen (secondary N) is 1. The molecule has 0 aliphatic rings. The smallest absolute Gasteiger partial charge is 0.270 e. The van der Waals surface area contributed by atoms with E-state index in [4.69, 9.17) is 4.74 Å². The van der Waals surface area contributed by atoms with Crippen LogP contribution in [-0.4, -0.2) is 43.1 Å². The molecule has 3 rings (SSSR count). The van der Waals surface area contributed by atoms with Crippen LogP contribution in [0, 0.1) is 6.92 Å². The van der Waals surface area contributed by atoms with Gasteiger partial charge in [-0.3, -0.25) is 14.0 Å². The number of methoxy groups -OCH3 is 1. The molecule has 0 unspecified atom stereocenters. The summed E-state index contributed by atoms with van der Waals surface area (Å²) in [5, 5.41) is 2.47. The lowest BCUT2D eigenvalue weighted by molar-refractivity contribution is 0.0954. The lowest BCUT2D eigenvalue weighted by Gasteiger charge is -2.08. The molecule has 0 aliphatic heterocycles. The Bertz CT molecular complexity index is 1180. The third kappa shape index (κ3) is 3.89. The summed E-state index contributed by atoms with van der Waals surface area (Å²) in [5.74, 6) is -0.419. The number of carbonyl (C=O) groups excluding carboxylic acids is 1. The normalized spacial score (nSPS) is 11.4. The van der Waals surface area contributed by atoms with Gasteiger partial charge in [-0.2, -0.15) is 0 Å². The third-order valence-corrected chi connectivity index (χ3v) is 5.98. The summed E-state index contributed by atoms with van der Waals surface area (Å²) in [5.41, 5.74) is 0.609. The van der Waals surface area contributed by atoms with Gasteiger partial charge in [-0.15, -0.1) is 0 Å². The molecule has 1 amide bonds. The topological polar surface area (TPSA) is 107 Å². The Kier molecular flexibility index (Phi) is 5.46. The number of pyridine rings is 1. The predicted octanol–water partition coefficient (Wildman–Crippen LogP) is 1.22. The maximum atomic E-state index is 12.5. The number of aromatic nitrogens is 2. The molecule has 146 valence electrons. The fourth-order valence-corrected chi connectivity index (χ4v) is 3.86. The molecule has 1 aromatic carbocycles. The van der Waals surface area contributed by atoms with Gasteiger partial charge in [-0.05, 0) is 42.8 Å². The maximum absolute atomic E-state index is 12.5. The lowest BCUT2D eigenvalue weighted by atomic mass is 10.2. The maximum Gasteiger partial charge on any atom is 0.270 e. The van der Waals surface area contributed by atoms with E-state index in [-0.39, 0.29) is 22.8 Å². The van der Waals surface area contributed by atoms with Gasteiger partial charge in [0.2, 0.25) is 0 Å². The zero-order chi connectivity index (χ0) is 20.3. The molecule has 0 spiro atoms. The van der Waals surface area contributed by atoms with Gasteiger partial charge < -0.3 is 10.1 Å². The minimum Gasteiger partial charge on any atom is -0.497 e. The Morgan fingerprint density at radius 1 is 1.21 bits per heavy atom. The second-order valence-corrected chi connectivity index (χ2v) is 8.22. The molecule has 0 aliphatic carbocycles. The Hall–Kier alpha value is -3.20.